The predicted molar refractivity (Wildman–Crippen MR) is 121 cm³/mol. The van der Waals surface area contributed by atoms with Gasteiger partial charge in [0.2, 0.25) is 0 Å². The van der Waals surface area contributed by atoms with Crippen molar-refractivity contribution in [1.29, 1.82) is 5.26 Å². The lowest BCUT2D eigenvalue weighted by Crippen LogP contribution is -2.33. The highest BCUT2D eigenvalue weighted by Gasteiger charge is 2.22. The molecule has 32 heavy (non-hydrogen) atoms. The Morgan fingerprint density at radius 2 is 1.81 bits per heavy atom. The van der Waals surface area contributed by atoms with Crippen LogP contribution in [0.15, 0.2) is 18.5 Å². The Kier molecular flexibility index (Phi) is 7.10. The van der Waals surface area contributed by atoms with Crippen LogP contribution in [0, 0.1) is 29.1 Å². The highest BCUT2D eigenvalue weighted by atomic mass is 16.3. The number of hydrogen-bond donors (Lipinski definition) is 4. The average Bonchev–Trinajstić information content (AvgIpc) is 3.36. The van der Waals surface area contributed by atoms with Crippen LogP contribution in [0.4, 0.5) is 17.3 Å². The Balaban J connectivity index is 1.54. The molecule has 1 atom stereocenters. The summed E-state index contributed by atoms with van der Waals surface area (Å²) in [4.78, 5) is 8.17. The molecule has 2 aromatic heterocycles. The van der Waals surface area contributed by atoms with E-state index >= 15 is 0 Å². The molecule has 0 saturated heterocycles. The monoisotopic (exact) mass is 432 g/mol. The molecule has 0 bridgehead atoms. The molecule has 0 amide bonds. The van der Waals surface area contributed by atoms with Gasteiger partial charge in [0.15, 0.2) is 17.2 Å². The first-order chi connectivity index (χ1) is 15.6. The van der Waals surface area contributed by atoms with Crippen LogP contribution in [0.3, 0.4) is 0 Å². The minimum Gasteiger partial charge on any atom is -0.380 e. The molecule has 4 rings (SSSR count). The van der Waals surface area contributed by atoms with Crippen molar-refractivity contribution < 1.29 is 5.11 Å². The van der Waals surface area contributed by atoms with Gasteiger partial charge in [0.25, 0.3) is 0 Å². The molecular weight excluding hydrogens is 404 g/mol. The quantitative estimate of drug-likeness (QED) is 0.523. The van der Waals surface area contributed by atoms with Gasteiger partial charge in [0.1, 0.15) is 18.0 Å². The lowest BCUT2D eigenvalue weighted by atomic mass is 9.91. The van der Waals surface area contributed by atoms with E-state index in [0.717, 1.165) is 57.1 Å². The van der Waals surface area contributed by atoms with Gasteiger partial charge in [-0.05, 0) is 50.4 Å². The average molecular weight is 433 g/mol. The summed E-state index contributed by atoms with van der Waals surface area (Å²) >= 11 is 0. The van der Waals surface area contributed by atoms with Crippen LogP contribution >= 0.6 is 0 Å². The number of aliphatic hydroxyl groups excluding tert-OH is 1. The fraction of sp³-hybridized carbons (Fsp3) is 0.522. The van der Waals surface area contributed by atoms with Gasteiger partial charge in [-0.1, -0.05) is 18.8 Å². The number of hydrogen-bond acceptors (Lipinski definition) is 9. The van der Waals surface area contributed by atoms with Crippen molar-refractivity contribution in [1.82, 2.24) is 20.2 Å². The number of nitriles is 1. The van der Waals surface area contributed by atoms with Crippen LogP contribution in [-0.4, -0.2) is 43.5 Å². The van der Waals surface area contributed by atoms with E-state index < -0.39 is 6.10 Å². The summed E-state index contributed by atoms with van der Waals surface area (Å²) in [5, 5.41) is 34.4. The van der Waals surface area contributed by atoms with Crippen LogP contribution < -0.4 is 16.4 Å². The van der Waals surface area contributed by atoms with Gasteiger partial charge in [-0.25, -0.2) is 9.97 Å². The molecule has 2 heterocycles. The number of rotatable bonds is 5. The van der Waals surface area contributed by atoms with Crippen LogP contribution in [0.1, 0.15) is 62.8 Å². The van der Waals surface area contributed by atoms with Crippen molar-refractivity contribution in [3.63, 3.8) is 0 Å². The van der Waals surface area contributed by atoms with Gasteiger partial charge in [0.05, 0.1) is 18.1 Å². The molecule has 5 N–H and O–H groups in total. The molecule has 166 valence electrons. The van der Waals surface area contributed by atoms with E-state index in [9.17, 15) is 5.11 Å². The van der Waals surface area contributed by atoms with Crippen LogP contribution in [-0.2, 0) is 0 Å². The minimum atomic E-state index is -0.647. The molecule has 0 aromatic carbocycles. The Labute approximate surface area is 187 Å². The van der Waals surface area contributed by atoms with Gasteiger partial charge in [0, 0.05) is 18.2 Å². The first-order valence-electron chi connectivity index (χ1n) is 11.2. The number of nitrogens with two attached hydrogens (primary N) is 1. The van der Waals surface area contributed by atoms with Crippen molar-refractivity contribution in [2.45, 2.75) is 69.6 Å². The van der Waals surface area contributed by atoms with Crippen molar-refractivity contribution in [3.05, 3.63) is 29.8 Å². The second-order valence-electron chi connectivity index (χ2n) is 8.53. The van der Waals surface area contributed by atoms with Gasteiger partial charge in [-0.3, -0.25) is 0 Å². The summed E-state index contributed by atoms with van der Waals surface area (Å²) in [6, 6.07) is 4.32. The van der Waals surface area contributed by atoms with Crippen LogP contribution in [0.2, 0.25) is 0 Å². The summed E-state index contributed by atoms with van der Waals surface area (Å²) in [7, 11) is 0. The number of nitrogens with one attached hydrogen (secondary N) is 2. The number of anilines is 3. The van der Waals surface area contributed by atoms with Crippen molar-refractivity contribution >= 4 is 17.3 Å². The van der Waals surface area contributed by atoms with Crippen molar-refractivity contribution in [2.75, 3.05) is 10.6 Å². The third kappa shape index (κ3) is 5.70. The summed E-state index contributed by atoms with van der Waals surface area (Å²) in [6.45, 7) is 0. The SMILES string of the molecule is N#Cc1cnc(Nc2cc(NC3CCC(N)CC3)c(C#CC(O)C3CCCC3)nn2)cn1. The maximum absolute atomic E-state index is 10.4. The molecule has 0 aliphatic heterocycles. The third-order valence-corrected chi connectivity index (χ3v) is 6.13. The highest BCUT2D eigenvalue weighted by molar-refractivity contribution is 5.63. The Bertz CT molecular complexity index is 1010. The maximum Gasteiger partial charge on any atom is 0.159 e. The fourth-order valence-corrected chi connectivity index (χ4v) is 4.25. The molecule has 1 unspecified atom stereocenters. The Morgan fingerprint density at radius 3 is 2.50 bits per heavy atom. The molecule has 2 aromatic rings. The van der Waals surface area contributed by atoms with E-state index in [2.05, 4.69) is 42.6 Å². The standard InChI is InChI=1S/C23H28N8O/c24-12-18-13-27-23(14-26-18)29-22-11-20(28-17-7-5-16(25)6-8-17)19(30-31-22)9-10-21(32)15-3-1-2-4-15/h11,13-17,21,32H,1-8,25H2,(H2,27,28,29,31). The van der Waals surface area contributed by atoms with Crippen LogP contribution in [0.5, 0.6) is 0 Å². The lowest BCUT2D eigenvalue weighted by molar-refractivity contribution is 0.165. The van der Waals surface area contributed by atoms with E-state index in [1.54, 1.807) is 0 Å². The zero-order valence-electron chi connectivity index (χ0n) is 18.0. The molecule has 9 heteroatoms. The zero-order chi connectivity index (χ0) is 22.3. The van der Waals surface area contributed by atoms with E-state index in [0.29, 0.717) is 17.3 Å². The van der Waals surface area contributed by atoms with E-state index in [1.807, 2.05) is 12.1 Å². The molecule has 0 radical (unpaired) electrons. The third-order valence-electron chi connectivity index (χ3n) is 6.13. The smallest absolute Gasteiger partial charge is 0.159 e. The van der Waals surface area contributed by atoms with Crippen molar-refractivity contribution in [2.24, 2.45) is 11.7 Å². The summed E-state index contributed by atoms with van der Waals surface area (Å²) in [5.41, 5.74) is 7.56. The van der Waals surface area contributed by atoms with Gasteiger partial charge in [-0.2, -0.15) is 5.26 Å². The normalized spacial score (nSPS) is 21.8. The van der Waals surface area contributed by atoms with Crippen molar-refractivity contribution in [3.8, 4) is 17.9 Å². The summed E-state index contributed by atoms with van der Waals surface area (Å²) in [5.74, 6) is 7.21. The summed E-state index contributed by atoms with van der Waals surface area (Å²) < 4.78 is 0. The number of nitrogens with zero attached hydrogens (tertiary/aromatic N) is 5. The molecule has 2 saturated carbocycles. The Morgan fingerprint density at radius 1 is 1.03 bits per heavy atom. The van der Waals surface area contributed by atoms with Gasteiger partial charge >= 0.3 is 0 Å². The van der Waals surface area contributed by atoms with Gasteiger partial charge < -0.3 is 21.5 Å². The first-order valence-corrected chi connectivity index (χ1v) is 11.2. The van der Waals surface area contributed by atoms with Gasteiger partial charge in [-0.15, -0.1) is 10.2 Å². The fourth-order valence-electron chi connectivity index (χ4n) is 4.25. The molecule has 0 spiro atoms. The molecule has 2 aliphatic rings. The lowest BCUT2D eigenvalue weighted by Gasteiger charge is -2.27. The van der Waals surface area contributed by atoms with E-state index in [-0.39, 0.29) is 23.7 Å². The van der Waals surface area contributed by atoms with Crippen LogP contribution in [0.25, 0.3) is 0 Å². The zero-order valence-corrected chi connectivity index (χ0v) is 18.0. The summed E-state index contributed by atoms with van der Waals surface area (Å²) in [6.07, 6.45) is 10.5. The Hall–Kier alpha value is -3.27. The molecule has 2 fully saturated rings. The second-order valence-corrected chi connectivity index (χ2v) is 8.53. The number of aliphatic hydroxyl groups is 1. The largest absolute Gasteiger partial charge is 0.380 e. The molecular formula is C23H28N8O. The minimum absolute atomic E-state index is 0.239. The molecule has 9 nitrogen and oxygen atoms in total. The molecule has 2 aliphatic carbocycles. The predicted octanol–water partition coefficient (Wildman–Crippen LogP) is 2.47. The first kappa shape index (κ1) is 21.9. The van der Waals surface area contributed by atoms with E-state index in [4.69, 9.17) is 11.0 Å². The maximum atomic E-state index is 10.4. The topological polar surface area (TPSA) is 146 Å². The van der Waals surface area contributed by atoms with E-state index in [1.165, 1.54) is 12.4 Å². The number of aromatic nitrogens is 4. The second kappa shape index (κ2) is 10.4. The highest BCUT2D eigenvalue weighted by Crippen LogP contribution is 2.28.